The van der Waals surface area contributed by atoms with Gasteiger partial charge in [-0.15, -0.1) is 0 Å². The van der Waals surface area contributed by atoms with Gasteiger partial charge in [0.25, 0.3) is 0 Å². The van der Waals surface area contributed by atoms with Crippen molar-refractivity contribution in [3.05, 3.63) is 215 Å². The molecule has 2 aliphatic rings. The molecule has 10 rings (SSSR count). The van der Waals surface area contributed by atoms with Crippen LogP contribution in [-0.2, 0) is 3.02 Å². The van der Waals surface area contributed by atoms with E-state index >= 15 is 0 Å². The molecule has 3 heteroatoms. The fourth-order valence-corrected chi connectivity index (χ4v) is 14.7. The van der Waals surface area contributed by atoms with Crippen molar-refractivity contribution in [2.45, 2.75) is 3.02 Å². The van der Waals surface area contributed by atoms with Gasteiger partial charge in [0, 0.05) is 0 Å². The molecule has 0 saturated carbocycles. The predicted octanol–water partition coefficient (Wildman–Crippen LogP) is 11.2. The van der Waals surface area contributed by atoms with Crippen molar-refractivity contribution in [1.29, 1.82) is 0 Å². The van der Waals surface area contributed by atoms with Crippen molar-refractivity contribution >= 4 is 55.4 Å². The molecular weight excluding hydrogens is 625 g/mol. The summed E-state index contributed by atoms with van der Waals surface area (Å²) in [7, 11) is 0. The summed E-state index contributed by atoms with van der Waals surface area (Å²) in [5.74, 6) is 3.73. The topological polar surface area (TPSA) is 18.5 Å². The zero-order chi connectivity index (χ0) is 32.4. The first-order chi connectivity index (χ1) is 24.3. The standard InChI is InChI=1S/2C23H15O.Ca/c2*1-2-10-17-16(8-1)9-7-13-18(17)23-19-11-3-5-14-21(19)24-22-15-6-4-12-20(22)23;/h2*1-15H;. The Bertz CT molecular complexity index is 2290. The summed E-state index contributed by atoms with van der Waals surface area (Å²) < 4.78 is 12.7. The van der Waals surface area contributed by atoms with Gasteiger partial charge in [-0.2, -0.15) is 0 Å². The van der Waals surface area contributed by atoms with Gasteiger partial charge < -0.3 is 0 Å². The maximum atomic E-state index is 6.81. The summed E-state index contributed by atoms with van der Waals surface area (Å²) in [6.07, 6.45) is 0. The van der Waals surface area contributed by atoms with Crippen molar-refractivity contribution in [2.24, 2.45) is 0 Å². The van der Waals surface area contributed by atoms with Crippen molar-refractivity contribution in [3.63, 3.8) is 0 Å². The number of hydrogen-bond donors (Lipinski definition) is 0. The molecule has 0 N–H and O–H groups in total. The van der Waals surface area contributed by atoms with Gasteiger partial charge in [0.2, 0.25) is 0 Å². The van der Waals surface area contributed by atoms with E-state index in [1.165, 1.54) is 54.9 Å². The Morgan fingerprint density at radius 3 is 0.959 bits per heavy atom. The summed E-state index contributed by atoms with van der Waals surface area (Å²) in [6.45, 7) is 0. The van der Waals surface area contributed by atoms with E-state index in [9.17, 15) is 0 Å². The monoisotopic (exact) mass is 654 g/mol. The van der Waals surface area contributed by atoms with Crippen LogP contribution in [0, 0.1) is 0 Å². The van der Waals surface area contributed by atoms with E-state index in [0.717, 1.165) is 23.0 Å². The van der Waals surface area contributed by atoms with Gasteiger partial charge in [-0.1, -0.05) is 0 Å². The van der Waals surface area contributed by atoms with Crippen molar-refractivity contribution in [2.75, 3.05) is 0 Å². The molecule has 228 valence electrons. The molecule has 8 aromatic carbocycles. The first kappa shape index (κ1) is 29.1. The summed E-state index contributed by atoms with van der Waals surface area (Å²) in [5.41, 5.74) is 7.65. The summed E-state index contributed by atoms with van der Waals surface area (Å²) in [5, 5.41) is 5.05. The molecule has 2 aliphatic heterocycles. The molecule has 0 aromatic heterocycles. The van der Waals surface area contributed by atoms with E-state index < -0.39 is 36.9 Å². The number of fused-ring (bicyclic) bond motifs is 6. The molecule has 2 heterocycles. The quantitative estimate of drug-likeness (QED) is 0.176. The van der Waals surface area contributed by atoms with E-state index in [0.29, 0.717) is 0 Å². The van der Waals surface area contributed by atoms with Gasteiger partial charge >= 0.3 is 306 Å². The van der Waals surface area contributed by atoms with E-state index in [1.54, 1.807) is 0 Å². The Morgan fingerprint density at radius 1 is 0.286 bits per heavy atom. The van der Waals surface area contributed by atoms with Crippen molar-refractivity contribution in [1.82, 2.24) is 0 Å². The van der Waals surface area contributed by atoms with E-state index in [2.05, 4.69) is 182 Å². The Balaban J connectivity index is 1.43. The number of para-hydroxylation sites is 4. The third-order valence-corrected chi connectivity index (χ3v) is 16.1. The van der Waals surface area contributed by atoms with Crippen LogP contribution in [0.15, 0.2) is 182 Å². The Morgan fingerprint density at radius 2 is 0.571 bits per heavy atom. The molecule has 8 aromatic rings. The summed E-state index contributed by atoms with van der Waals surface area (Å²) in [6, 6.07) is 66.6. The maximum absolute atomic E-state index is 6.81. The number of ether oxygens (including phenoxy) is 2. The normalized spacial score (nSPS) is 14.7. The van der Waals surface area contributed by atoms with Gasteiger partial charge in [0.05, 0.1) is 0 Å². The summed E-state index contributed by atoms with van der Waals surface area (Å²) >= 11 is -2.22. The van der Waals surface area contributed by atoms with Crippen LogP contribution in [0.2, 0.25) is 0 Å². The third kappa shape index (κ3) is 4.25. The zero-order valence-corrected chi connectivity index (χ0v) is 29.1. The number of hydrogen-bond acceptors (Lipinski definition) is 2. The Hall–Kier alpha value is -4.86. The molecule has 0 aliphatic carbocycles. The third-order valence-electron chi connectivity index (χ3n) is 10.9. The second-order valence-electron chi connectivity index (χ2n) is 13.2. The van der Waals surface area contributed by atoms with Crippen LogP contribution in [0.3, 0.4) is 0 Å². The molecule has 0 fully saturated rings. The van der Waals surface area contributed by atoms with Gasteiger partial charge in [0.15, 0.2) is 0 Å². The van der Waals surface area contributed by atoms with Crippen LogP contribution in [0.1, 0.15) is 33.4 Å². The van der Waals surface area contributed by atoms with Gasteiger partial charge in [-0.05, 0) is 0 Å². The first-order valence-corrected chi connectivity index (χ1v) is 19.2. The molecule has 0 bridgehead atoms. The van der Waals surface area contributed by atoms with E-state index in [-0.39, 0.29) is 0 Å². The fourth-order valence-electron chi connectivity index (χ4n) is 8.90. The Labute approximate surface area is 303 Å². The number of benzene rings is 8. The van der Waals surface area contributed by atoms with Crippen LogP contribution in [0.4, 0.5) is 0 Å². The van der Waals surface area contributed by atoms with E-state index in [1.807, 2.05) is 0 Å². The molecule has 2 nitrogen and oxygen atoms in total. The molecular formula is C46H30CaO2. The summed E-state index contributed by atoms with van der Waals surface area (Å²) in [4.78, 5) is 0. The van der Waals surface area contributed by atoms with Gasteiger partial charge in [0.1, 0.15) is 0 Å². The van der Waals surface area contributed by atoms with Crippen LogP contribution < -0.4 is 9.47 Å². The molecule has 0 spiro atoms. The van der Waals surface area contributed by atoms with E-state index in [4.69, 9.17) is 9.47 Å². The average molecular weight is 655 g/mol. The van der Waals surface area contributed by atoms with Gasteiger partial charge in [-0.3, -0.25) is 0 Å². The molecule has 0 saturated heterocycles. The predicted molar refractivity (Wildman–Crippen MR) is 199 cm³/mol. The molecule has 0 amide bonds. The average Bonchev–Trinajstić information content (AvgIpc) is 3.17. The first-order valence-electron chi connectivity index (χ1n) is 17.0. The van der Waals surface area contributed by atoms with Crippen molar-refractivity contribution in [3.8, 4) is 23.0 Å². The zero-order valence-electron chi connectivity index (χ0n) is 26.8. The SMILES string of the molecule is c1ccc2c(c1)Oc1ccccc1[C]2([Ca][C]1(c2cccc3ccccc23)c2ccccc2Oc2ccccc21)c1cccc2ccccc12. The minimum atomic E-state index is -2.22. The molecule has 49 heavy (non-hydrogen) atoms. The van der Waals surface area contributed by atoms with Crippen molar-refractivity contribution < 1.29 is 9.47 Å². The van der Waals surface area contributed by atoms with Crippen LogP contribution in [0.5, 0.6) is 23.0 Å². The van der Waals surface area contributed by atoms with Crippen LogP contribution in [0.25, 0.3) is 21.5 Å². The Kier molecular flexibility index (Phi) is 6.74. The molecule has 0 atom stereocenters. The number of rotatable bonds is 4. The second-order valence-corrected chi connectivity index (χ2v) is 17.1. The molecule has 0 unspecified atom stereocenters. The second kappa shape index (κ2) is 11.4. The van der Waals surface area contributed by atoms with Gasteiger partial charge in [-0.25, -0.2) is 0 Å². The minimum absolute atomic E-state index is 0.451. The fraction of sp³-hybridized carbons (Fsp3) is 0.0435. The van der Waals surface area contributed by atoms with Crippen LogP contribution in [-0.4, -0.2) is 33.8 Å². The molecule has 0 radical (unpaired) electrons. The van der Waals surface area contributed by atoms with Crippen LogP contribution >= 0.6 is 0 Å².